The largest absolute Gasteiger partial charge is 0.352 e. The molecule has 2 rings (SSSR count). The van der Waals surface area contributed by atoms with Gasteiger partial charge in [0.1, 0.15) is 6.04 Å². The molecule has 1 aliphatic rings. The molecule has 1 amide bonds. The minimum absolute atomic E-state index is 0.0563. The Bertz CT molecular complexity index is 862. The molecule has 1 aromatic rings. The first-order valence-corrected chi connectivity index (χ1v) is 12.5. The van der Waals surface area contributed by atoms with E-state index in [0.717, 1.165) is 0 Å². The monoisotopic (exact) mass is 431 g/mol. The van der Waals surface area contributed by atoms with Crippen LogP contribution in [0.25, 0.3) is 0 Å². The number of rotatable bonds is 8. The van der Waals surface area contributed by atoms with Crippen LogP contribution in [0.5, 0.6) is 0 Å². The fourth-order valence-electron chi connectivity index (χ4n) is 3.08. The van der Waals surface area contributed by atoms with E-state index in [1.807, 2.05) is 0 Å². The lowest BCUT2D eigenvalue weighted by Crippen LogP contribution is -2.54. The van der Waals surface area contributed by atoms with Crippen LogP contribution in [0.1, 0.15) is 33.6 Å². The first kappa shape index (κ1) is 22.8. The molecule has 158 valence electrons. The number of hydrogen-bond acceptors (Lipinski definition) is 5. The van der Waals surface area contributed by atoms with Crippen molar-refractivity contribution in [1.29, 1.82) is 0 Å². The van der Waals surface area contributed by atoms with Gasteiger partial charge in [-0.3, -0.25) is 4.79 Å². The summed E-state index contributed by atoms with van der Waals surface area (Å²) in [5.74, 6) is -0.592. The lowest BCUT2D eigenvalue weighted by molar-refractivity contribution is -0.124. The van der Waals surface area contributed by atoms with E-state index < -0.39 is 32.0 Å². The molecule has 1 heterocycles. The minimum atomic E-state index is -3.82. The number of nitrogens with one attached hydrogen (secondary N) is 2. The highest BCUT2D eigenvalue weighted by Gasteiger charge is 2.32. The number of sulfonamides is 2. The average molecular weight is 432 g/mol. The van der Waals surface area contributed by atoms with Gasteiger partial charge in [0.25, 0.3) is 0 Å². The standard InChI is InChI=1S/C18H29N3O5S2/c1-4-27(23,24)21-12-10-15(11-13-21)19-18(22)17(14(2)3)20-28(25,26)16-8-6-5-7-9-16/h5-9,14-15,17,20H,4,10-13H2,1-3H3,(H,19,22). The zero-order valence-corrected chi connectivity index (χ0v) is 18.1. The Hall–Kier alpha value is -1.49. The molecule has 8 nitrogen and oxygen atoms in total. The Labute approximate surface area is 167 Å². The van der Waals surface area contributed by atoms with Crippen LogP contribution in [-0.4, -0.2) is 58.0 Å². The SMILES string of the molecule is CCS(=O)(=O)N1CCC(NC(=O)C(NS(=O)(=O)c2ccccc2)C(C)C)CC1. The van der Waals surface area contributed by atoms with Crippen molar-refractivity contribution in [3.63, 3.8) is 0 Å². The Morgan fingerprint density at radius 3 is 2.18 bits per heavy atom. The second-order valence-electron chi connectivity index (χ2n) is 7.24. The molecular formula is C18H29N3O5S2. The van der Waals surface area contributed by atoms with Gasteiger partial charge in [-0.05, 0) is 37.8 Å². The van der Waals surface area contributed by atoms with Gasteiger partial charge in [-0.25, -0.2) is 21.1 Å². The van der Waals surface area contributed by atoms with Gasteiger partial charge >= 0.3 is 0 Å². The lowest BCUT2D eigenvalue weighted by Gasteiger charge is -2.32. The van der Waals surface area contributed by atoms with E-state index in [1.165, 1.54) is 16.4 Å². The van der Waals surface area contributed by atoms with Crippen LogP contribution >= 0.6 is 0 Å². The van der Waals surface area contributed by atoms with E-state index in [4.69, 9.17) is 0 Å². The maximum Gasteiger partial charge on any atom is 0.241 e. The summed E-state index contributed by atoms with van der Waals surface area (Å²) in [6, 6.07) is 6.81. The number of amides is 1. The Kier molecular flexibility index (Phi) is 7.60. The first-order valence-electron chi connectivity index (χ1n) is 9.42. The summed E-state index contributed by atoms with van der Waals surface area (Å²) in [6.45, 7) is 5.85. The summed E-state index contributed by atoms with van der Waals surface area (Å²) >= 11 is 0. The van der Waals surface area contributed by atoms with Gasteiger partial charge in [0, 0.05) is 19.1 Å². The Morgan fingerprint density at radius 1 is 1.11 bits per heavy atom. The molecule has 0 spiro atoms. The van der Waals surface area contributed by atoms with E-state index in [-0.39, 0.29) is 22.6 Å². The molecule has 1 unspecified atom stereocenters. The fourth-order valence-corrected chi connectivity index (χ4v) is 5.58. The van der Waals surface area contributed by atoms with Crippen LogP contribution in [-0.2, 0) is 24.8 Å². The van der Waals surface area contributed by atoms with E-state index in [1.54, 1.807) is 39.0 Å². The van der Waals surface area contributed by atoms with Crippen LogP contribution < -0.4 is 10.0 Å². The lowest BCUT2D eigenvalue weighted by atomic mass is 10.0. The smallest absolute Gasteiger partial charge is 0.241 e. The van der Waals surface area contributed by atoms with E-state index in [9.17, 15) is 21.6 Å². The van der Waals surface area contributed by atoms with Gasteiger partial charge in [-0.2, -0.15) is 4.72 Å². The summed E-state index contributed by atoms with van der Waals surface area (Å²) in [6.07, 6.45) is 1.00. The quantitative estimate of drug-likeness (QED) is 0.636. The second-order valence-corrected chi connectivity index (χ2v) is 11.2. The third-order valence-electron chi connectivity index (χ3n) is 4.84. The number of piperidine rings is 1. The van der Waals surface area contributed by atoms with Gasteiger partial charge in [-0.1, -0.05) is 32.0 Å². The number of benzene rings is 1. The molecule has 0 aliphatic carbocycles. The maximum atomic E-state index is 12.7. The molecule has 10 heteroatoms. The first-order chi connectivity index (χ1) is 13.1. The van der Waals surface area contributed by atoms with E-state index >= 15 is 0 Å². The molecule has 0 aromatic heterocycles. The van der Waals surface area contributed by atoms with Gasteiger partial charge in [0.2, 0.25) is 26.0 Å². The van der Waals surface area contributed by atoms with Crippen LogP contribution in [0.2, 0.25) is 0 Å². The number of carbonyl (C=O) groups excluding carboxylic acids is 1. The predicted molar refractivity (Wildman–Crippen MR) is 108 cm³/mol. The van der Waals surface area contributed by atoms with Crippen LogP contribution in [0, 0.1) is 5.92 Å². The third kappa shape index (κ3) is 5.76. The molecule has 0 bridgehead atoms. The highest BCUT2D eigenvalue weighted by molar-refractivity contribution is 7.89. The van der Waals surface area contributed by atoms with Crippen LogP contribution in [0.15, 0.2) is 35.2 Å². The molecule has 1 fully saturated rings. The van der Waals surface area contributed by atoms with Crippen molar-refractivity contribution in [2.75, 3.05) is 18.8 Å². The normalized spacial score (nSPS) is 18.1. The zero-order valence-electron chi connectivity index (χ0n) is 16.5. The Morgan fingerprint density at radius 2 is 1.68 bits per heavy atom. The summed E-state index contributed by atoms with van der Waals surface area (Å²) in [7, 11) is -7.05. The summed E-state index contributed by atoms with van der Waals surface area (Å²) < 4.78 is 52.9. The predicted octanol–water partition coefficient (Wildman–Crippen LogP) is 0.920. The zero-order chi connectivity index (χ0) is 20.9. The van der Waals surface area contributed by atoms with Gasteiger partial charge < -0.3 is 5.32 Å². The van der Waals surface area contributed by atoms with Crippen molar-refractivity contribution in [1.82, 2.24) is 14.3 Å². The third-order valence-corrected chi connectivity index (χ3v) is 8.18. The van der Waals surface area contributed by atoms with Crippen molar-refractivity contribution in [2.24, 2.45) is 5.92 Å². The second kappa shape index (κ2) is 9.34. The van der Waals surface area contributed by atoms with Crippen molar-refractivity contribution in [3.05, 3.63) is 30.3 Å². The molecule has 1 atom stereocenters. The van der Waals surface area contributed by atoms with Crippen LogP contribution in [0.4, 0.5) is 0 Å². The highest BCUT2D eigenvalue weighted by Crippen LogP contribution is 2.16. The summed E-state index contributed by atoms with van der Waals surface area (Å²) in [4.78, 5) is 12.8. The Balaban J connectivity index is 2.01. The summed E-state index contributed by atoms with van der Waals surface area (Å²) in [5.41, 5.74) is 0. The molecule has 2 N–H and O–H groups in total. The molecule has 0 radical (unpaired) electrons. The van der Waals surface area contributed by atoms with Crippen molar-refractivity contribution in [3.8, 4) is 0 Å². The van der Waals surface area contributed by atoms with E-state index in [0.29, 0.717) is 25.9 Å². The molecule has 1 aliphatic heterocycles. The number of hydrogen-bond donors (Lipinski definition) is 2. The fraction of sp³-hybridized carbons (Fsp3) is 0.611. The van der Waals surface area contributed by atoms with Crippen molar-refractivity contribution >= 4 is 26.0 Å². The summed E-state index contributed by atoms with van der Waals surface area (Å²) in [5, 5.41) is 2.88. The van der Waals surface area contributed by atoms with Crippen molar-refractivity contribution in [2.45, 2.75) is 50.6 Å². The van der Waals surface area contributed by atoms with Crippen LogP contribution in [0.3, 0.4) is 0 Å². The van der Waals surface area contributed by atoms with Gasteiger partial charge in [-0.15, -0.1) is 0 Å². The van der Waals surface area contributed by atoms with Gasteiger partial charge in [0.15, 0.2) is 0 Å². The molecule has 0 saturated carbocycles. The molecular weight excluding hydrogens is 402 g/mol. The highest BCUT2D eigenvalue weighted by atomic mass is 32.2. The molecule has 1 saturated heterocycles. The molecule has 28 heavy (non-hydrogen) atoms. The van der Waals surface area contributed by atoms with Crippen molar-refractivity contribution < 1.29 is 21.6 Å². The average Bonchev–Trinajstić information content (AvgIpc) is 2.67. The number of carbonyl (C=O) groups is 1. The maximum absolute atomic E-state index is 12.7. The minimum Gasteiger partial charge on any atom is -0.352 e. The topological polar surface area (TPSA) is 113 Å². The van der Waals surface area contributed by atoms with E-state index in [2.05, 4.69) is 10.0 Å². The van der Waals surface area contributed by atoms with Gasteiger partial charge in [0.05, 0.1) is 10.6 Å². The number of nitrogens with zero attached hydrogens (tertiary/aromatic N) is 1. The molecule has 1 aromatic carbocycles.